The highest BCUT2D eigenvalue weighted by atomic mass is 35.5. The minimum atomic E-state index is -0.495. The van der Waals surface area contributed by atoms with Gasteiger partial charge in [0, 0.05) is 22.0 Å². The first kappa shape index (κ1) is 21.2. The number of carbonyl (C=O) groups is 3. The van der Waals surface area contributed by atoms with Gasteiger partial charge in [0.1, 0.15) is 0 Å². The SMILES string of the molecule is O=C(Cc1ccccc1)Nc1ccc(SC2CC(=O)N(c3cccc(Cl)c3)C2=O)cc1. The Balaban J connectivity index is 1.37. The molecule has 0 aliphatic carbocycles. The molecule has 3 aromatic carbocycles. The monoisotopic (exact) mass is 450 g/mol. The van der Waals surface area contributed by atoms with E-state index in [1.54, 1.807) is 36.4 Å². The van der Waals surface area contributed by atoms with Crippen molar-refractivity contribution >= 4 is 52.5 Å². The zero-order chi connectivity index (χ0) is 21.8. The summed E-state index contributed by atoms with van der Waals surface area (Å²) in [5.41, 5.74) is 2.11. The van der Waals surface area contributed by atoms with Crippen LogP contribution in [0.5, 0.6) is 0 Å². The van der Waals surface area contributed by atoms with Gasteiger partial charge in [0.25, 0.3) is 0 Å². The van der Waals surface area contributed by atoms with E-state index in [9.17, 15) is 14.4 Å². The van der Waals surface area contributed by atoms with Crippen molar-refractivity contribution in [3.8, 4) is 0 Å². The lowest BCUT2D eigenvalue weighted by atomic mass is 10.1. The summed E-state index contributed by atoms with van der Waals surface area (Å²) in [4.78, 5) is 39.5. The normalized spacial score (nSPS) is 15.9. The van der Waals surface area contributed by atoms with Crippen molar-refractivity contribution in [2.75, 3.05) is 10.2 Å². The van der Waals surface area contributed by atoms with Crippen LogP contribution < -0.4 is 10.2 Å². The number of amides is 3. The van der Waals surface area contributed by atoms with Gasteiger partial charge in [-0.1, -0.05) is 48.0 Å². The largest absolute Gasteiger partial charge is 0.326 e. The molecule has 1 fully saturated rings. The van der Waals surface area contributed by atoms with Crippen LogP contribution in [0.15, 0.2) is 83.8 Å². The van der Waals surface area contributed by atoms with Gasteiger partial charge >= 0.3 is 0 Å². The Bertz CT molecular complexity index is 1120. The molecule has 1 aliphatic heterocycles. The van der Waals surface area contributed by atoms with Crippen molar-refractivity contribution in [3.63, 3.8) is 0 Å². The Morgan fingerprint density at radius 1 is 1.00 bits per heavy atom. The Labute approximate surface area is 189 Å². The standard InChI is InChI=1S/C24H19ClN2O3S/c25-17-7-4-8-19(14-17)27-23(29)15-21(24(27)30)31-20-11-9-18(10-12-20)26-22(28)13-16-5-2-1-3-6-16/h1-12,14,21H,13,15H2,(H,26,28). The van der Waals surface area contributed by atoms with Gasteiger partial charge in [-0.05, 0) is 48.0 Å². The molecule has 0 spiro atoms. The molecule has 0 bridgehead atoms. The summed E-state index contributed by atoms with van der Waals surface area (Å²) in [5, 5.41) is 2.85. The summed E-state index contributed by atoms with van der Waals surface area (Å²) in [5.74, 6) is -0.590. The van der Waals surface area contributed by atoms with Crippen molar-refractivity contribution in [1.29, 1.82) is 0 Å². The van der Waals surface area contributed by atoms with Crippen LogP contribution in [-0.2, 0) is 20.8 Å². The molecule has 1 heterocycles. The van der Waals surface area contributed by atoms with E-state index in [2.05, 4.69) is 5.32 Å². The fraction of sp³-hybridized carbons (Fsp3) is 0.125. The summed E-state index contributed by atoms with van der Waals surface area (Å²) in [6, 6.07) is 23.5. The molecule has 0 saturated carbocycles. The van der Waals surface area contributed by atoms with E-state index < -0.39 is 5.25 Å². The van der Waals surface area contributed by atoms with Gasteiger partial charge < -0.3 is 5.32 Å². The van der Waals surface area contributed by atoms with Crippen LogP contribution >= 0.6 is 23.4 Å². The van der Waals surface area contributed by atoms with Crippen LogP contribution in [0, 0.1) is 0 Å². The predicted octanol–water partition coefficient (Wildman–Crippen LogP) is 4.95. The maximum atomic E-state index is 12.8. The summed E-state index contributed by atoms with van der Waals surface area (Å²) in [6.45, 7) is 0. The number of hydrogen-bond donors (Lipinski definition) is 1. The number of thioether (sulfide) groups is 1. The van der Waals surface area contributed by atoms with E-state index in [-0.39, 0.29) is 24.1 Å². The fourth-order valence-electron chi connectivity index (χ4n) is 3.35. The highest BCUT2D eigenvalue weighted by molar-refractivity contribution is 8.00. The third-order valence-electron chi connectivity index (χ3n) is 4.80. The number of hydrogen-bond acceptors (Lipinski definition) is 4. The van der Waals surface area contributed by atoms with Crippen molar-refractivity contribution < 1.29 is 14.4 Å². The number of halogens is 1. The van der Waals surface area contributed by atoms with E-state index in [4.69, 9.17) is 11.6 Å². The smallest absolute Gasteiger partial charge is 0.247 e. The summed E-state index contributed by atoms with van der Waals surface area (Å²) < 4.78 is 0. The first-order chi connectivity index (χ1) is 15.0. The van der Waals surface area contributed by atoms with E-state index >= 15 is 0 Å². The van der Waals surface area contributed by atoms with Crippen LogP contribution in [0.4, 0.5) is 11.4 Å². The Hall–Kier alpha value is -3.09. The first-order valence-corrected chi connectivity index (χ1v) is 11.0. The van der Waals surface area contributed by atoms with Crippen LogP contribution in [0.25, 0.3) is 0 Å². The lowest BCUT2D eigenvalue weighted by molar-refractivity contribution is -0.121. The number of nitrogens with one attached hydrogen (secondary N) is 1. The van der Waals surface area contributed by atoms with Crippen molar-refractivity contribution in [2.24, 2.45) is 0 Å². The molecule has 1 unspecified atom stereocenters. The predicted molar refractivity (Wildman–Crippen MR) is 123 cm³/mol. The molecule has 1 saturated heterocycles. The molecule has 1 N–H and O–H groups in total. The van der Waals surface area contributed by atoms with Crippen molar-refractivity contribution in [1.82, 2.24) is 0 Å². The van der Waals surface area contributed by atoms with Gasteiger partial charge in [0.15, 0.2) is 0 Å². The lowest BCUT2D eigenvalue weighted by Crippen LogP contribution is -2.31. The van der Waals surface area contributed by atoms with Crippen LogP contribution in [-0.4, -0.2) is 23.0 Å². The van der Waals surface area contributed by atoms with Crippen LogP contribution in [0.2, 0.25) is 5.02 Å². The second-order valence-electron chi connectivity index (χ2n) is 7.09. The molecule has 0 radical (unpaired) electrons. The molecular weight excluding hydrogens is 432 g/mol. The zero-order valence-corrected chi connectivity index (χ0v) is 18.0. The van der Waals surface area contributed by atoms with E-state index in [1.165, 1.54) is 16.7 Å². The average Bonchev–Trinajstić information content (AvgIpc) is 3.03. The molecule has 3 aromatic rings. The van der Waals surface area contributed by atoms with Gasteiger partial charge in [0.2, 0.25) is 17.7 Å². The lowest BCUT2D eigenvalue weighted by Gasteiger charge is -2.15. The highest BCUT2D eigenvalue weighted by Crippen LogP contribution is 2.35. The molecule has 1 atom stereocenters. The third-order valence-corrected chi connectivity index (χ3v) is 6.23. The van der Waals surface area contributed by atoms with Gasteiger partial charge in [0.05, 0.1) is 17.4 Å². The van der Waals surface area contributed by atoms with E-state index in [0.29, 0.717) is 22.8 Å². The zero-order valence-electron chi connectivity index (χ0n) is 16.5. The highest BCUT2D eigenvalue weighted by Gasteiger charge is 2.40. The quantitative estimate of drug-likeness (QED) is 0.540. The maximum Gasteiger partial charge on any atom is 0.247 e. The molecule has 0 aromatic heterocycles. The molecular formula is C24H19ClN2O3S. The Kier molecular flexibility index (Phi) is 6.39. The van der Waals surface area contributed by atoms with Crippen molar-refractivity contribution in [2.45, 2.75) is 23.0 Å². The van der Waals surface area contributed by atoms with Gasteiger partial charge in [-0.3, -0.25) is 14.4 Å². The number of imide groups is 1. The summed E-state index contributed by atoms with van der Waals surface area (Å²) >= 11 is 7.33. The number of carbonyl (C=O) groups excluding carboxylic acids is 3. The molecule has 5 nitrogen and oxygen atoms in total. The molecule has 156 valence electrons. The molecule has 7 heteroatoms. The number of rotatable bonds is 6. The minimum Gasteiger partial charge on any atom is -0.326 e. The first-order valence-electron chi connectivity index (χ1n) is 9.72. The fourth-order valence-corrected chi connectivity index (χ4v) is 4.59. The Morgan fingerprint density at radius 3 is 2.45 bits per heavy atom. The summed E-state index contributed by atoms with van der Waals surface area (Å²) in [6.07, 6.45) is 0.431. The maximum absolute atomic E-state index is 12.8. The molecule has 3 amide bonds. The molecule has 1 aliphatic rings. The topological polar surface area (TPSA) is 66.5 Å². The minimum absolute atomic E-state index is 0.0969. The van der Waals surface area contributed by atoms with E-state index in [0.717, 1.165) is 10.5 Å². The van der Waals surface area contributed by atoms with Crippen molar-refractivity contribution in [3.05, 3.63) is 89.4 Å². The Morgan fingerprint density at radius 2 is 1.74 bits per heavy atom. The van der Waals surface area contributed by atoms with Crippen LogP contribution in [0.3, 0.4) is 0 Å². The molecule has 31 heavy (non-hydrogen) atoms. The molecule has 4 rings (SSSR count). The number of nitrogens with zero attached hydrogens (tertiary/aromatic N) is 1. The van der Waals surface area contributed by atoms with Gasteiger partial charge in [-0.2, -0.15) is 0 Å². The van der Waals surface area contributed by atoms with Gasteiger partial charge in [-0.25, -0.2) is 4.90 Å². The summed E-state index contributed by atoms with van der Waals surface area (Å²) in [7, 11) is 0. The second-order valence-corrected chi connectivity index (χ2v) is 8.81. The average molecular weight is 451 g/mol. The van der Waals surface area contributed by atoms with Crippen LogP contribution in [0.1, 0.15) is 12.0 Å². The number of benzene rings is 3. The second kappa shape index (κ2) is 9.37. The number of anilines is 2. The van der Waals surface area contributed by atoms with E-state index in [1.807, 2.05) is 42.5 Å². The third kappa shape index (κ3) is 5.16. The van der Waals surface area contributed by atoms with Gasteiger partial charge in [-0.15, -0.1) is 11.8 Å².